The maximum atomic E-state index is 12.2. The zero-order valence-corrected chi connectivity index (χ0v) is 13.0. The van der Waals surface area contributed by atoms with Gasteiger partial charge in [0.2, 0.25) is 5.91 Å². The van der Waals surface area contributed by atoms with Crippen molar-refractivity contribution in [3.8, 4) is 0 Å². The normalized spacial score (nSPS) is 19.3. The highest BCUT2D eigenvalue weighted by Gasteiger charge is 2.27. The molecule has 1 fully saturated rings. The quantitative estimate of drug-likeness (QED) is 0.904. The molecule has 116 valence electrons. The summed E-state index contributed by atoms with van der Waals surface area (Å²) < 4.78 is 5.94. The lowest BCUT2D eigenvalue weighted by molar-refractivity contribution is -0.138. The molecule has 0 bridgehead atoms. The number of nitrogens with two attached hydrogens (primary N) is 1. The van der Waals surface area contributed by atoms with Crippen LogP contribution in [0.3, 0.4) is 0 Å². The van der Waals surface area contributed by atoms with E-state index in [-0.39, 0.29) is 24.0 Å². The van der Waals surface area contributed by atoms with E-state index in [0.29, 0.717) is 6.61 Å². The highest BCUT2D eigenvalue weighted by Crippen LogP contribution is 2.18. The number of piperidine rings is 1. The molecule has 4 heteroatoms. The zero-order chi connectivity index (χ0) is 15.2. The predicted molar refractivity (Wildman–Crippen MR) is 83.6 cm³/mol. The predicted octanol–water partition coefficient (Wildman–Crippen LogP) is 2.18. The van der Waals surface area contributed by atoms with Crippen molar-refractivity contribution in [2.24, 2.45) is 11.7 Å². The molecule has 4 nitrogen and oxygen atoms in total. The Labute approximate surface area is 127 Å². The zero-order valence-electron chi connectivity index (χ0n) is 13.0. The van der Waals surface area contributed by atoms with Crippen LogP contribution in [-0.2, 0) is 16.1 Å². The summed E-state index contributed by atoms with van der Waals surface area (Å²) in [5, 5.41) is 0. The van der Waals surface area contributed by atoms with Gasteiger partial charge in [-0.05, 0) is 25.3 Å². The molecule has 1 aromatic rings. The number of likely N-dealkylation sites (tertiary alicyclic amines) is 1. The fourth-order valence-electron chi connectivity index (χ4n) is 2.54. The molecule has 0 aromatic heterocycles. The molecule has 1 aliphatic rings. The lowest BCUT2D eigenvalue weighted by Crippen LogP contribution is -2.46. The number of rotatable bonds is 5. The molecular formula is C17H26N2O2. The maximum absolute atomic E-state index is 12.2. The summed E-state index contributed by atoms with van der Waals surface area (Å²) >= 11 is 0. The third-order valence-electron chi connectivity index (χ3n) is 4.26. The van der Waals surface area contributed by atoms with Gasteiger partial charge in [-0.3, -0.25) is 4.79 Å². The van der Waals surface area contributed by atoms with E-state index in [4.69, 9.17) is 10.5 Å². The Kier molecular flexibility index (Phi) is 5.76. The van der Waals surface area contributed by atoms with E-state index < -0.39 is 0 Å². The molecule has 0 radical (unpaired) electrons. The average molecular weight is 290 g/mol. The van der Waals surface area contributed by atoms with Gasteiger partial charge in [0.15, 0.2) is 0 Å². The van der Waals surface area contributed by atoms with E-state index >= 15 is 0 Å². The molecule has 2 unspecified atom stereocenters. The van der Waals surface area contributed by atoms with Crippen molar-refractivity contribution in [3.63, 3.8) is 0 Å². The van der Waals surface area contributed by atoms with Crippen molar-refractivity contribution in [1.82, 2.24) is 4.90 Å². The van der Waals surface area contributed by atoms with Gasteiger partial charge in [0, 0.05) is 19.1 Å². The lowest BCUT2D eigenvalue weighted by atomic mass is 10.0. The second-order valence-electron chi connectivity index (χ2n) is 5.97. The molecule has 1 saturated heterocycles. The SMILES string of the molecule is CC(N)C(C)C(=O)N1CCC(OCc2ccccc2)CC1. The van der Waals surface area contributed by atoms with Crippen LogP contribution < -0.4 is 5.73 Å². The summed E-state index contributed by atoms with van der Waals surface area (Å²) in [6, 6.07) is 10.1. The highest BCUT2D eigenvalue weighted by atomic mass is 16.5. The van der Waals surface area contributed by atoms with E-state index in [0.717, 1.165) is 25.9 Å². The third kappa shape index (κ3) is 4.55. The first-order chi connectivity index (χ1) is 10.1. The first kappa shape index (κ1) is 16.0. The van der Waals surface area contributed by atoms with E-state index in [1.54, 1.807) is 0 Å². The number of hydrogen-bond acceptors (Lipinski definition) is 3. The van der Waals surface area contributed by atoms with E-state index in [2.05, 4.69) is 12.1 Å². The fraction of sp³-hybridized carbons (Fsp3) is 0.588. The van der Waals surface area contributed by atoms with Gasteiger partial charge in [-0.2, -0.15) is 0 Å². The smallest absolute Gasteiger partial charge is 0.226 e. The molecule has 1 amide bonds. The Bertz CT molecular complexity index is 439. The van der Waals surface area contributed by atoms with Crippen molar-refractivity contribution < 1.29 is 9.53 Å². The molecule has 21 heavy (non-hydrogen) atoms. The van der Waals surface area contributed by atoms with Gasteiger partial charge in [0.1, 0.15) is 0 Å². The summed E-state index contributed by atoms with van der Waals surface area (Å²) in [7, 11) is 0. The summed E-state index contributed by atoms with van der Waals surface area (Å²) in [5.74, 6) is 0.0679. The van der Waals surface area contributed by atoms with Crippen LogP contribution in [-0.4, -0.2) is 36.0 Å². The minimum atomic E-state index is -0.105. The van der Waals surface area contributed by atoms with Crippen molar-refractivity contribution in [2.45, 2.75) is 45.4 Å². The Hall–Kier alpha value is -1.39. The minimum Gasteiger partial charge on any atom is -0.373 e. The minimum absolute atomic E-state index is 0.0930. The van der Waals surface area contributed by atoms with Crippen molar-refractivity contribution >= 4 is 5.91 Å². The Balaban J connectivity index is 1.74. The molecule has 1 heterocycles. The van der Waals surface area contributed by atoms with Crippen LogP contribution in [0.2, 0.25) is 0 Å². The molecule has 0 aliphatic carbocycles. The van der Waals surface area contributed by atoms with Crippen LogP contribution in [0, 0.1) is 5.92 Å². The van der Waals surface area contributed by atoms with Gasteiger partial charge < -0.3 is 15.4 Å². The fourth-order valence-corrected chi connectivity index (χ4v) is 2.54. The standard InChI is InChI=1S/C17H26N2O2/c1-13(14(2)18)17(20)19-10-8-16(9-11-19)21-12-15-6-4-3-5-7-15/h3-7,13-14,16H,8-12,18H2,1-2H3. The third-order valence-corrected chi connectivity index (χ3v) is 4.26. The van der Waals surface area contributed by atoms with Crippen LogP contribution in [0.4, 0.5) is 0 Å². The number of benzene rings is 1. The molecule has 2 N–H and O–H groups in total. The Morgan fingerprint density at radius 1 is 1.29 bits per heavy atom. The average Bonchev–Trinajstić information content (AvgIpc) is 2.53. The first-order valence-corrected chi connectivity index (χ1v) is 7.78. The van der Waals surface area contributed by atoms with E-state index in [9.17, 15) is 4.79 Å². The molecule has 1 aromatic carbocycles. The van der Waals surface area contributed by atoms with Gasteiger partial charge in [-0.25, -0.2) is 0 Å². The van der Waals surface area contributed by atoms with E-state index in [1.807, 2.05) is 36.9 Å². The van der Waals surface area contributed by atoms with Gasteiger partial charge in [-0.1, -0.05) is 37.3 Å². The van der Waals surface area contributed by atoms with Crippen molar-refractivity contribution in [1.29, 1.82) is 0 Å². The molecule has 0 spiro atoms. The molecular weight excluding hydrogens is 264 g/mol. The summed E-state index contributed by atoms with van der Waals surface area (Å²) in [6.07, 6.45) is 2.06. The Morgan fingerprint density at radius 3 is 2.48 bits per heavy atom. The van der Waals surface area contributed by atoms with Crippen LogP contribution >= 0.6 is 0 Å². The number of carbonyl (C=O) groups is 1. The van der Waals surface area contributed by atoms with Crippen molar-refractivity contribution in [3.05, 3.63) is 35.9 Å². The topological polar surface area (TPSA) is 55.6 Å². The van der Waals surface area contributed by atoms with Gasteiger partial charge in [0.05, 0.1) is 18.6 Å². The molecule has 2 atom stereocenters. The van der Waals surface area contributed by atoms with Crippen LogP contribution in [0.5, 0.6) is 0 Å². The number of ether oxygens (including phenoxy) is 1. The van der Waals surface area contributed by atoms with Gasteiger partial charge in [0.25, 0.3) is 0 Å². The number of amides is 1. The maximum Gasteiger partial charge on any atom is 0.226 e. The first-order valence-electron chi connectivity index (χ1n) is 7.78. The second-order valence-corrected chi connectivity index (χ2v) is 5.97. The van der Waals surface area contributed by atoms with Gasteiger partial charge >= 0.3 is 0 Å². The van der Waals surface area contributed by atoms with Crippen LogP contribution in [0.15, 0.2) is 30.3 Å². The Morgan fingerprint density at radius 2 is 1.90 bits per heavy atom. The number of carbonyl (C=O) groups excluding carboxylic acids is 1. The largest absolute Gasteiger partial charge is 0.373 e. The summed E-state index contributed by atoms with van der Waals surface area (Å²) in [5.41, 5.74) is 7.01. The number of nitrogens with zero attached hydrogens (tertiary/aromatic N) is 1. The van der Waals surface area contributed by atoms with E-state index in [1.165, 1.54) is 5.56 Å². The molecule has 0 saturated carbocycles. The van der Waals surface area contributed by atoms with Crippen LogP contribution in [0.25, 0.3) is 0 Å². The summed E-state index contributed by atoms with van der Waals surface area (Å²) in [4.78, 5) is 14.2. The second kappa shape index (κ2) is 7.57. The summed E-state index contributed by atoms with van der Waals surface area (Å²) in [6.45, 7) is 5.99. The highest BCUT2D eigenvalue weighted by molar-refractivity contribution is 5.79. The molecule has 1 aliphatic heterocycles. The number of hydrogen-bond donors (Lipinski definition) is 1. The van der Waals surface area contributed by atoms with Crippen LogP contribution in [0.1, 0.15) is 32.3 Å². The van der Waals surface area contributed by atoms with Gasteiger partial charge in [-0.15, -0.1) is 0 Å². The lowest BCUT2D eigenvalue weighted by Gasteiger charge is -2.34. The molecule has 2 rings (SSSR count). The monoisotopic (exact) mass is 290 g/mol. The van der Waals surface area contributed by atoms with Crippen molar-refractivity contribution in [2.75, 3.05) is 13.1 Å².